The van der Waals surface area contributed by atoms with Gasteiger partial charge in [-0.1, -0.05) is 6.92 Å². The molecule has 0 aliphatic carbocycles. The fourth-order valence-corrected chi connectivity index (χ4v) is 3.18. The number of piperidine rings is 1. The quantitative estimate of drug-likeness (QED) is 0.844. The van der Waals surface area contributed by atoms with Crippen LogP contribution in [0.15, 0.2) is 0 Å². The van der Waals surface area contributed by atoms with Crippen molar-refractivity contribution in [3.8, 4) is 0 Å². The van der Waals surface area contributed by atoms with Crippen LogP contribution in [-0.4, -0.2) is 67.3 Å². The first-order valence-electron chi connectivity index (χ1n) is 8.26. The molecule has 2 aliphatic rings. The minimum absolute atomic E-state index is 0.157. The fraction of sp³-hybridized carbons (Fsp3) is 0.938. The molecule has 1 amide bonds. The van der Waals surface area contributed by atoms with Gasteiger partial charge in [-0.05, 0) is 39.0 Å². The van der Waals surface area contributed by atoms with Crippen molar-refractivity contribution in [3.63, 3.8) is 0 Å². The molecule has 2 unspecified atom stereocenters. The third-order valence-corrected chi connectivity index (χ3v) is 4.44. The van der Waals surface area contributed by atoms with Crippen LogP contribution in [0, 0.1) is 11.8 Å². The van der Waals surface area contributed by atoms with Crippen molar-refractivity contribution in [2.45, 2.75) is 39.7 Å². The van der Waals surface area contributed by atoms with Gasteiger partial charge in [-0.15, -0.1) is 0 Å². The lowest BCUT2D eigenvalue weighted by Crippen LogP contribution is -2.50. The van der Waals surface area contributed by atoms with Crippen molar-refractivity contribution >= 4 is 6.09 Å². The van der Waals surface area contributed by atoms with E-state index in [4.69, 9.17) is 4.74 Å². The summed E-state index contributed by atoms with van der Waals surface area (Å²) in [5.41, 5.74) is -0.405. The Balaban J connectivity index is 1.79. The lowest BCUT2D eigenvalue weighted by atomic mass is 9.86. The minimum Gasteiger partial charge on any atom is -0.444 e. The standard InChI is InChI=1S/C16H31N3O2/c1-13-11-19(15(20)21-16(2,3)4)8-5-14(13)12-18-9-6-17-7-10-18/h13-14,17H,5-12H2,1-4H3. The summed E-state index contributed by atoms with van der Waals surface area (Å²) in [5, 5.41) is 3.40. The number of piperazine rings is 1. The van der Waals surface area contributed by atoms with Gasteiger partial charge in [-0.3, -0.25) is 0 Å². The molecule has 0 aromatic heterocycles. The Kier molecular flexibility index (Phi) is 5.49. The molecule has 0 aromatic rings. The zero-order valence-electron chi connectivity index (χ0n) is 14.0. The normalized spacial score (nSPS) is 28.5. The Morgan fingerprint density at radius 1 is 1.24 bits per heavy atom. The third kappa shape index (κ3) is 5.15. The van der Waals surface area contributed by atoms with E-state index in [0.29, 0.717) is 11.8 Å². The molecule has 2 rings (SSSR count). The Labute approximate surface area is 129 Å². The molecule has 122 valence electrons. The second-order valence-electron chi connectivity index (χ2n) is 7.50. The summed E-state index contributed by atoms with van der Waals surface area (Å²) in [5.74, 6) is 1.24. The zero-order valence-corrected chi connectivity index (χ0v) is 14.0. The molecular formula is C16H31N3O2. The smallest absolute Gasteiger partial charge is 0.410 e. The van der Waals surface area contributed by atoms with Crippen LogP contribution in [0.3, 0.4) is 0 Å². The van der Waals surface area contributed by atoms with Gasteiger partial charge in [-0.2, -0.15) is 0 Å². The second kappa shape index (κ2) is 6.97. The van der Waals surface area contributed by atoms with Gasteiger partial charge in [0.05, 0.1) is 0 Å². The van der Waals surface area contributed by atoms with E-state index in [-0.39, 0.29) is 6.09 Å². The highest BCUT2D eigenvalue weighted by Crippen LogP contribution is 2.25. The SMILES string of the molecule is CC1CN(C(=O)OC(C)(C)C)CCC1CN1CCNCC1. The molecule has 2 saturated heterocycles. The number of amides is 1. The highest BCUT2D eigenvalue weighted by Gasteiger charge is 2.32. The van der Waals surface area contributed by atoms with E-state index in [0.717, 1.165) is 45.7 Å². The van der Waals surface area contributed by atoms with Gasteiger partial charge in [0.25, 0.3) is 0 Å². The number of hydrogen-bond donors (Lipinski definition) is 1. The van der Waals surface area contributed by atoms with E-state index in [1.807, 2.05) is 25.7 Å². The van der Waals surface area contributed by atoms with Crippen LogP contribution in [0.25, 0.3) is 0 Å². The highest BCUT2D eigenvalue weighted by atomic mass is 16.6. The first-order valence-corrected chi connectivity index (χ1v) is 8.26. The summed E-state index contributed by atoms with van der Waals surface area (Å²) in [6, 6.07) is 0. The molecule has 21 heavy (non-hydrogen) atoms. The Bertz CT molecular complexity index is 348. The number of hydrogen-bond acceptors (Lipinski definition) is 4. The largest absolute Gasteiger partial charge is 0.444 e. The number of carbonyl (C=O) groups excluding carboxylic acids is 1. The van der Waals surface area contributed by atoms with Gasteiger partial charge >= 0.3 is 6.09 Å². The van der Waals surface area contributed by atoms with E-state index in [2.05, 4.69) is 17.1 Å². The number of nitrogens with zero attached hydrogens (tertiary/aromatic N) is 2. The molecule has 2 heterocycles. The number of ether oxygens (including phenoxy) is 1. The van der Waals surface area contributed by atoms with Gasteiger partial charge in [0.1, 0.15) is 5.60 Å². The van der Waals surface area contributed by atoms with Crippen LogP contribution in [0.5, 0.6) is 0 Å². The predicted octanol–water partition coefficient (Wildman–Crippen LogP) is 1.78. The van der Waals surface area contributed by atoms with E-state index >= 15 is 0 Å². The van der Waals surface area contributed by atoms with Crippen molar-refractivity contribution in [1.82, 2.24) is 15.1 Å². The molecule has 1 N–H and O–H groups in total. The highest BCUT2D eigenvalue weighted by molar-refractivity contribution is 5.68. The Morgan fingerprint density at radius 3 is 2.48 bits per heavy atom. The minimum atomic E-state index is -0.405. The van der Waals surface area contributed by atoms with E-state index in [9.17, 15) is 4.79 Å². The van der Waals surface area contributed by atoms with E-state index < -0.39 is 5.60 Å². The molecule has 2 aliphatic heterocycles. The molecule has 5 nitrogen and oxygen atoms in total. The molecule has 5 heteroatoms. The number of rotatable bonds is 2. The van der Waals surface area contributed by atoms with Crippen LogP contribution in [0.4, 0.5) is 4.79 Å². The van der Waals surface area contributed by atoms with Crippen LogP contribution in [0.2, 0.25) is 0 Å². The van der Waals surface area contributed by atoms with Crippen LogP contribution in [0.1, 0.15) is 34.1 Å². The first kappa shape index (κ1) is 16.6. The van der Waals surface area contributed by atoms with Gasteiger partial charge in [-0.25, -0.2) is 4.79 Å². The van der Waals surface area contributed by atoms with Crippen LogP contribution >= 0.6 is 0 Å². The lowest BCUT2D eigenvalue weighted by Gasteiger charge is -2.40. The Hall–Kier alpha value is -0.810. The predicted molar refractivity (Wildman–Crippen MR) is 84.4 cm³/mol. The molecule has 0 bridgehead atoms. The maximum absolute atomic E-state index is 12.1. The summed E-state index contributed by atoms with van der Waals surface area (Å²) >= 11 is 0. The summed E-state index contributed by atoms with van der Waals surface area (Å²) in [6.07, 6.45) is 0.930. The van der Waals surface area contributed by atoms with Gasteiger partial charge in [0, 0.05) is 45.8 Å². The van der Waals surface area contributed by atoms with Gasteiger partial charge in [0.15, 0.2) is 0 Å². The lowest BCUT2D eigenvalue weighted by molar-refractivity contribution is 0.00866. The topological polar surface area (TPSA) is 44.8 Å². The molecule has 0 spiro atoms. The Morgan fingerprint density at radius 2 is 1.90 bits per heavy atom. The van der Waals surface area contributed by atoms with E-state index in [1.54, 1.807) is 0 Å². The molecule has 0 saturated carbocycles. The van der Waals surface area contributed by atoms with Crippen molar-refractivity contribution < 1.29 is 9.53 Å². The van der Waals surface area contributed by atoms with Gasteiger partial charge < -0.3 is 19.9 Å². The van der Waals surface area contributed by atoms with Gasteiger partial charge in [0.2, 0.25) is 0 Å². The second-order valence-corrected chi connectivity index (χ2v) is 7.50. The number of carbonyl (C=O) groups is 1. The van der Waals surface area contributed by atoms with Crippen molar-refractivity contribution in [2.24, 2.45) is 11.8 Å². The van der Waals surface area contributed by atoms with Crippen LogP contribution in [-0.2, 0) is 4.74 Å². The number of nitrogens with one attached hydrogen (secondary N) is 1. The molecule has 0 radical (unpaired) electrons. The van der Waals surface area contributed by atoms with Crippen molar-refractivity contribution in [1.29, 1.82) is 0 Å². The maximum atomic E-state index is 12.1. The summed E-state index contributed by atoms with van der Waals surface area (Å²) in [7, 11) is 0. The molecular weight excluding hydrogens is 266 g/mol. The van der Waals surface area contributed by atoms with Crippen molar-refractivity contribution in [3.05, 3.63) is 0 Å². The maximum Gasteiger partial charge on any atom is 0.410 e. The average molecular weight is 297 g/mol. The monoisotopic (exact) mass is 297 g/mol. The number of likely N-dealkylation sites (tertiary alicyclic amines) is 1. The third-order valence-electron chi connectivity index (χ3n) is 4.44. The van der Waals surface area contributed by atoms with E-state index in [1.165, 1.54) is 6.54 Å². The van der Waals surface area contributed by atoms with Crippen molar-refractivity contribution in [2.75, 3.05) is 45.8 Å². The first-order chi connectivity index (χ1) is 9.85. The van der Waals surface area contributed by atoms with Crippen LogP contribution < -0.4 is 5.32 Å². The fourth-order valence-electron chi connectivity index (χ4n) is 3.18. The summed E-state index contributed by atoms with van der Waals surface area (Å²) in [4.78, 5) is 16.6. The summed E-state index contributed by atoms with van der Waals surface area (Å²) in [6.45, 7) is 15.4. The molecule has 2 atom stereocenters. The zero-order chi connectivity index (χ0) is 15.5. The average Bonchev–Trinajstić information content (AvgIpc) is 2.40. The molecule has 2 fully saturated rings. The summed E-state index contributed by atoms with van der Waals surface area (Å²) < 4.78 is 5.48. The molecule has 0 aromatic carbocycles.